The van der Waals surface area contributed by atoms with Crippen molar-refractivity contribution in [3.8, 4) is 5.75 Å². The maximum absolute atomic E-state index is 14.5. The monoisotopic (exact) mass is 751 g/mol. The molecule has 0 unspecified atom stereocenters. The van der Waals surface area contributed by atoms with Crippen LogP contribution < -0.4 is 19.6 Å². The lowest BCUT2D eigenvalue weighted by atomic mass is 9.95. The molecule has 6 rings (SSSR count). The van der Waals surface area contributed by atoms with Crippen molar-refractivity contribution in [1.82, 2.24) is 9.13 Å². The third-order valence-corrected chi connectivity index (χ3v) is 10.3. The Labute approximate surface area is 294 Å². The Balaban J connectivity index is 1.59. The van der Waals surface area contributed by atoms with Crippen molar-refractivity contribution in [3.05, 3.63) is 128 Å². The summed E-state index contributed by atoms with van der Waals surface area (Å²) in [5, 5.41) is 2.18. The quantitative estimate of drug-likeness (QED) is 0.159. The van der Waals surface area contributed by atoms with Crippen LogP contribution in [0.5, 0.6) is 5.75 Å². The van der Waals surface area contributed by atoms with Gasteiger partial charge in [0, 0.05) is 48.8 Å². The van der Waals surface area contributed by atoms with Gasteiger partial charge in [-0.1, -0.05) is 68.2 Å². The number of aromatic nitrogens is 2. The first-order valence-corrected chi connectivity index (χ1v) is 17.3. The van der Waals surface area contributed by atoms with E-state index in [0.29, 0.717) is 42.9 Å². The first-order chi connectivity index (χ1) is 22.4. The van der Waals surface area contributed by atoms with Gasteiger partial charge in [0.1, 0.15) is 11.8 Å². The number of carbonyl (C=O) groups excluding carboxylic acids is 1. The highest BCUT2D eigenvalue weighted by Gasteiger charge is 2.35. The molecule has 0 spiro atoms. The number of methoxy groups -OCH3 is 1. The molecule has 0 saturated carbocycles. The minimum atomic E-state index is -0.816. The average Bonchev–Trinajstić information content (AvgIpc) is 3.45. The minimum Gasteiger partial charge on any atom is -0.491 e. The molecule has 0 N–H and O–H groups in total. The molecule has 0 radical (unpaired) electrons. The molecule has 0 amide bonds. The van der Waals surface area contributed by atoms with Crippen LogP contribution in [0, 0.1) is 13.8 Å². The molecule has 0 bridgehead atoms. The van der Waals surface area contributed by atoms with Crippen molar-refractivity contribution in [2.45, 2.75) is 53.3 Å². The summed E-state index contributed by atoms with van der Waals surface area (Å²) in [5.41, 5.74) is 6.09. The van der Waals surface area contributed by atoms with Gasteiger partial charge in [0.05, 0.1) is 29.0 Å². The van der Waals surface area contributed by atoms with Crippen LogP contribution in [-0.4, -0.2) is 28.3 Å². The maximum Gasteiger partial charge on any atom is 0.338 e. The third-order valence-electron chi connectivity index (χ3n) is 8.20. The number of fused-ring (bicyclic) bond motifs is 2. The van der Waals surface area contributed by atoms with Crippen molar-refractivity contribution in [3.63, 3.8) is 0 Å². The van der Waals surface area contributed by atoms with Crippen LogP contribution in [0.3, 0.4) is 0 Å². The molecule has 2 aromatic heterocycles. The van der Waals surface area contributed by atoms with E-state index in [1.165, 1.54) is 18.4 Å². The summed E-state index contributed by atoms with van der Waals surface area (Å²) in [6, 6.07) is 16.6. The molecule has 242 valence electrons. The number of rotatable bonds is 7. The summed E-state index contributed by atoms with van der Waals surface area (Å²) in [5.74, 6) is 0.00499. The number of halogens is 3. The van der Waals surface area contributed by atoms with Gasteiger partial charge >= 0.3 is 5.97 Å². The predicted octanol–water partition coefficient (Wildman–Crippen LogP) is 7.88. The zero-order valence-electron chi connectivity index (χ0n) is 26.7. The molecule has 5 aromatic rings. The zero-order valence-corrected chi connectivity index (χ0v) is 30.6. The molecule has 1 atom stereocenters. The fourth-order valence-corrected chi connectivity index (χ4v) is 7.92. The first-order valence-electron chi connectivity index (χ1n) is 15.0. The molecule has 0 fully saturated rings. The van der Waals surface area contributed by atoms with Gasteiger partial charge in [-0.2, -0.15) is 0 Å². The number of benzene rings is 3. The van der Waals surface area contributed by atoms with E-state index < -0.39 is 12.0 Å². The van der Waals surface area contributed by atoms with Crippen LogP contribution in [0.4, 0.5) is 0 Å². The van der Waals surface area contributed by atoms with E-state index in [2.05, 4.69) is 38.7 Å². The molecule has 3 aromatic carbocycles. The highest BCUT2D eigenvalue weighted by molar-refractivity contribution is 9.10. The molecule has 11 heteroatoms. The summed E-state index contributed by atoms with van der Waals surface area (Å²) in [6.07, 6.45) is 1.80. The highest BCUT2D eigenvalue weighted by Crippen LogP contribution is 2.38. The second-order valence-corrected chi connectivity index (χ2v) is 14.5. The first kappa shape index (κ1) is 33.3. The molecule has 1 aliphatic heterocycles. The van der Waals surface area contributed by atoms with E-state index in [9.17, 15) is 9.59 Å². The van der Waals surface area contributed by atoms with Gasteiger partial charge in [-0.05, 0) is 88.7 Å². The van der Waals surface area contributed by atoms with Gasteiger partial charge in [-0.15, -0.1) is 0 Å². The van der Waals surface area contributed by atoms with Gasteiger partial charge in [0.25, 0.3) is 5.56 Å². The van der Waals surface area contributed by atoms with Crippen molar-refractivity contribution >= 4 is 73.4 Å². The Morgan fingerprint density at radius 2 is 1.85 bits per heavy atom. The average molecular weight is 754 g/mol. The van der Waals surface area contributed by atoms with Crippen molar-refractivity contribution in [1.29, 1.82) is 0 Å². The number of nitrogens with zero attached hydrogens (tertiary/aromatic N) is 3. The Hall–Kier alpha value is -3.63. The highest BCUT2D eigenvalue weighted by atomic mass is 79.9. The number of carbonyl (C=O) groups is 1. The lowest BCUT2D eigenvalue weighted by Gasteiger charge is -2.26. The number of hydrogen-bond acceptors (Lipinski definition) is 6. The maximum atomic E-state index is 14.5. The summed E-state index contributed by atoms with van der Waals surface area (Å²) < 4.78 is 16.4. The van der Waals surface area contributed by atoms with Gasteiger partial charge in [0.15, 0.2) is 4.80 Å². The molecule has 0 saturated heterocycles. The van der Waals surface area contributed by atoms with Gasteiger partial charge in [-0.3, -0.25) is 9.36 Å². The van der Waals surface area contributed by atoms with Crippen LogP contribution in [-0.2, 0) is 16.1 Å². The lowest BCUT2D eigenvalue weighted by Crippen LogP contribution is -2.40. The summed E-state index contributed by atoms with van der Waals surface area (Å²) in [7, 11) is 1.33. The van der Waals surface area contributed by atoms with E-state index in [4.69, 9.17) is 37.7 Å². The third kappa shape index (κ3) is 6.22. The number of thiazole rings is 1. The van der Waals surface area contributed by atoms with Crippen LogP contribution in [0.2, 0.25) is 10.0 Å². The van der Waals surface area contributed by atoms with Crippen LogP contribution in [0.15, 0.2) is 80.1 Å². The van der Waals surface area contributed by atoms with E-state index >= 15 is 0 Å². The van der Waals surface area contributed by atoms with E-state index in [0.717, 1.165) is 37.8 Å². The van der Waals surface area contributed by atoms with Gasteiger partial charge in [-0.25, -0.2) is 9.79 Å². The lowest BCUT2D eigenvalue weighted by molar-refractivity contribution is -0.136. The Kier molecular flexibility index (Phi) is 9.28. The second-order valence-electron chi connectivity index (χ2n) is 11.8. The molecule has 47 heavy (non-hydrogen) atoms. The van der Waals surface area contributed by atoms with Crippen LogP contribution in [0.1, 0.15) is 54.8 Å². The van der Waals surface area contributed by atoms with E-state index in [1.54, 1.807) is 17.6 Å². The van der Waals surface area contributed by atoms with Crippen LogP contribution >= 0.6 is 50.5 Å². The number of aryl methyl sites for hydroxylation is 1. The predicted molar refractivity (Wildman–Crippen MR) is 193 cm³/mol. The zero-order chi connectivity index (χ0) is 33.7. The minimum absolute atomic E-state index is 0.135. The number of esters is 1. The van der Waals surface area contributed by atoms with Crippen molar-refractivity contribution in [2.24, 2.45) is 4.99 Å². The molecular weight excluding hydrogens is 721 g/mol. The fraction of sp³-hybridized carbons (Fsp3) is 0.250. The summed E-state index contributed by atoms with van der Waals surface area (Å²) in [6.45, 7) is 10.2. The number of allylic oxidation sites excluding steroid dienone is 1. The van der Waals surface area contributed by atoms with Gasteiger partial charge < -0.3 is 14.0 Å². The number of ether oxygens (including phenoxy) is 2. The molecule has 3 heterocycles. The largest absolute Gasteiger partial charge is 0.491 e. The Bertz CT molecular complexity index is 2300. The van der Waals surface area contributed by atoms with Crippen LogP contribution in [0.25, 0.3) is 17.0 Å². The van der Waals surface area contributed by atoms with Crippen molar-refractivity contribution in [2.75, 3.05) is 7.11 Å². The normalized spacial score (nSPS) is 14.9. The molecule has 1 aliphatic rings. The topological polar surface area (TPSA) is 74.8 Å². The SMILES string of the molecule is COC(=O)C1=C(C)N=c2s/c(=C\c3c(C)n(Cc4ccc(Cl)cc4Cl)c4ccc(C)cc34)c(=O)n2[C@H]1c1cc(Br)ccc1OC(C)C. The standard InChI is InChI=1S/C36H32BrCl2N3O4S/c1-18(2)46-30-12-9-23(37)14-27(30)33-32(35(44)45-6)20(4)40-36-42(33)34(43)31(47-36)16-25-21(5)41(29-11-7-19(3)13-26(25)29)17-22-8-10-24(38)15-28(22)39/h7-16,18,33H,17H2,1-6H3/b31-16-/t33-/m0/s1. The smallest absolute Gasteiger partial charge is 0.338 e. The molecule has 7 nitrogen and oxygen atoms in total. The summed E-state index contributed by atoms with van der Waals surface area (Å²) in [4.78, 5) is 33.0. The summed E-state index contributed by atoms with van der Waals surface area (Å²) >= 11 is 17.6. The van der Waals surface area contributed by atoms with E-state index in [1.807, 2.05) is 64.1 Å². The fourth-order valence-electron chi connectivity index (χ4n) is 6.04. The Morgan fingerprint density at radius 3 is 2.55 bits per heavy atom. The Morgan fingerprint density at radius 1 is 1.09 bits per heavy atom. The number of hydrogen-bond donors (Lipinski definition) is 0. The van der Waals surface area contributed by atoms with Gasteiger partial charge in [0.2, 0.25) is 0 Å². The molecular formula is C36H32BrCl2N3O4S. The second kappa shape index (κ2) is 13.1. The molecule has 0 aliphatic carbocycles. The van der Waals surface area contributed by atoms with E-state index in [-0.39, 0.29) is 17.2 Å². The van der Waals surface area contributed by atoms with Crippen molar-refractivity contribution < 1.29 is 14.3 Å².